The molecule has 0 unspecified atom stereocenters. The number of benzene rings is 4. The maximum absolute atomic E-state index is 13.9. The zero-order chi connectivity index (χ0) is 25.7. The zero-order valence-corrected chi connectivity index (χ0v) is 19.8. The molecule has 1 nitrogen and oxygen atoms in total. The molecule has 0 radical (unpaired) electrons. The van der Waals surface area contributed by atoms with Crippen LogP contribution in [0.4, 0.5) is 22.0 Å². The van der Waals surface area contributed by atoms with Gasteiger partial charge in [-0.3, -0.25) is 0 Å². The molecular formula is C30H25F5O. The molecule has 0 N–H and O–H groups in total. The number of alkyl halides is 3. The summed E-state index contributed by atoms with van der Waals surface area (Å²) in [5, 5.41) is 4.33. The molecule has 0 saturated heterocycles. The molecule has 0 aliphatic rings. The number of ether oxygens (including phenoxy) is 1. The van der Waals surface area contributed by atoms with Crippen LogP contribution in [0.3, 0.4) is 0 Å². The second kappa shape index (κ2) is 11.0. The van der Waals surface area contributed by atoms with E-state index >= 15 is 0 Å². The highest BCUT2D eigenvalue weighted by molar-refractivity contribution is 6.07. The molecular weight excluding hydrogens is 471 g/mol. The molecule has 0 aliphatic heterocycles. The van der Waals surface area contributed by atoms with E-state index in [-0.39, 0.29) is 5.56 Å². The Hall–Kier alpha value is -3.59. The minimum atomic E-state index is -5.19. The average molecular weight is 497 g/mol. The second-order valence-corrected chi connectivity index (χ2v) is 8.79. The minimum absolute atomic E-state index is 0.0969. The summed E-state index contributed by atoms with van der Waals surface area (Å²) in [6.45, 7) is 2.21. The maximum atomic E-state index is 13.9. The summed E-state index contributed by atoms with van der Waals surface area (Å²) in [5.41, 5.74) is 1.84. The van der Waals surface area contributed by atoms with Crippen molar-refractivity contribution in [2.24, 2.45) is 0 Å². The van der Waals surface area contributed by atoms with E-state index in [0.717, 1.165) is 22.6 Å². The molecule has 0 heterocycles. The number of halogens is 5. The van der Waals surface area contributed by atoms with E-state index in [4.69, 9.17) is 0 Å². The van der Waals surface area contributed by atoms with Gasteiger partial charge in [-0.05, 0) is 64.2 Å². The molecule has 0 spiro atoms. The van der Waals surface area contributed by atoms with Crippen molar-refractivity contribution in [3.63, 3.8) is 0 Å². The maximum Gasteiger partial charge on any atom is 0.573 e. The summed E-state index contributed by atoms with van der Waals surface area (Å²) < 4.78 is 68.2. The van der Waals surface area contributed by atoms with E-state index in [2.05, 4.69) is 47.8 Å². The van der Waals surface area contributed by atoms with Crippen LogP contribution in [0.15, 0.2) is 60.7 Å². The highest BCUT2D eigenvalue weighted by Crippen LogP contribution is 2.30. The number of hydrogen-bond donors (Lipinski definition) is 0. The summed E-state index contributed by atoms with van der Waals surface area (Å²) in [6.07, 6.45) is 2.11. The molecule has 4 rings (SSSR count). The predicted octanol–water partition coefficient (Wildman–Crippen LogP) is 9.08. The smallest absolute Gasteiger partial charge is 0.399 e. The van der Waals surface area contributed by atoms with Crippen molar-refractivity contribution in [2.75, 3.05) is 0 Å². The van der Waals surface area contributed by atoms with Crippen LogP contribution in [-0.2, 0) is 6.42 Å². The van der Waals surface area contributed by atoms with Crippen LogP contribution in [0.5, 0.6) is 5.75 Å². The van der Waals surface area contributed by atoms with Crippen LogP contribution in [0.25, 0.3) is 21.5 Å². The minimum Gasteiger partial charge on any atom is -0.399 e. The summed E-state index contributed by atoms with van der Waals surface area (Å²) in [6, 6.07) is 17.7. The second-order valence-electron chi connectivity index (χ2n) is 8.79. The Balaban J connectivity index is 1.54. The van der Waals surface area contributed by atoms with E-state index in [1.54, 1.807) is 0 Å². The first kappa shape index (κ1) is 25.5. The number of unbranched alkanes of at least 4 members (excludes halogenated alkanes) is 4. The normalized spacial score (nSPS) is 11.5. The Kier molecular flexibility index (Phi) is 7.79. The van der Waals surface area contributed by atoms with Crippen LogP contribution in [0.1, 0.15) is 55.7 Å². The van der Waals surface area contributed by atoms with Crippen LogP contribution in [-0.4, -0.2) is 6.36 Å². The predicted molar refractivity (Wildman–Crippen MR) is 133 cm³/mol. The molecule has 6 heteroatoms. The quantitative estimate of drug-likeness (QED) is 0.107. The van der Waals surface area contributed by atoms with E-state index in [0.29, 0.717) is 17.7 Å². The van der Waals surface area contributed by atoms with Gasteiger partial charge >= 0.3 is 6.36 Å². The average Bonchev–Trinajstić information content (AvgIpc) is 2.84. The van der Waals surface area contributed by atoms with Crippen molar-refractivity contribution < 1.29 is 26.7 Å². The van der Waals surface area contributed by atoms with Gasteiger partial charge in [0.1, 0.15) is 0 Å². The SMILES string of the molecule is CCCCCCCc1ccc2c(ccc3cc(C#Cc4cc(F)c(OC(F)(F)F)c(F)c4)ccc32)c1. The number of rotatable bonds is 7. The van der Waals surface area contributed by atoms with Gasteiger partial charge in [-0.25, -0.2) is 8.78 Å². The molecule has 0 saturated carbocycles. The van der Waals surface area contributed by atoms with Gasteiger partial charge in [0.05, 0.1) is 0 Å². The summed E-state index contributed by atoms with van der Waals surface area (Å²) in [7, 11) is 0. The van der Waals surface area contributed by atoms with Crippen molar-refractivity contribution in [3.8, 4) is 17.6 Å². The summed E-state index contributed by atoms with van der Waals surface area (Å²) in [4.78, 5) is 0. The highest BCUT2D eigenvalue weighted by atomic mass is 19.4. The topological polar surface area (TPSA) is 9.23 Å². The lowest BCUT2D eigenvalue weighted by Crippen LogP contribution is -2.19. The molecule has 4 aromatic carbocycles. The van der Waals surface area contributed by atoms with Crippen LogP contribution < -0.4 is 4.74 Å². The van der Waals surface area contributed by atoms with Gasteiger partial charge in [0.15, 0.2) is 11.6 Å². The Morgan fingerprint density at radius 3 is 1.97 bits per heavy atom. The largest absolute Gasteiger partial charge is 0.573 e. The van der Waals surface area contributed by atoms with Crippen LogP contribution >= 0.6 is 0 Å². The fraction of sp³-hybridized carbons (Fsp3) is 0.267. The molecule has 0 aromatic heterocycles. The monoisotopic (exact) mass is 496 g/mol. The Labute approximate surface area is 206 Å². The lowest BCUT2D eigenvalue weighted by atomic mass is 9.97. The molecule has 4 aromatic rings. The molecule has 186 valence electrons. The zero-order valence-electron chi connectivity index (χ0n) is 19.8. The van der Waals surface area contributed by atoms with Gasteiger partial charge in [-0.1, -0.05) is 80.8 Å². The third-order valence-electron chi connectivity index (χ3n) is 6.04. The van der Waals surface area contributed by atoms with Crippen molar-refractivity contribution >= 4 is 21.5 Å². The molecule has 0 amide bonds. The van der Waals surface area contributed by atoms with Gasteiger partial charge in [-0.2, -0.15) is 0 Å². The standard InChI is InChI=1S/C30H25F5O/c1-2-3-4-5-6-7-20-10-14-25-23(16-20)12-13-24-17-21(11-15-26(24)25)8-9-22-18-27(31)29(28(32)19-22)36-30(33,34)35/h10-19H,2-7H2,1H3. The van der Waals surface area contributed by atoms with Crippen LogP contribution in [0.2, 0.25) is 0 Å². The Bertz CT molecular complexity index is 1420. The van der Waals surface area contributed by atoms with Gasteiger partial charge in [0.25, 0.3) is 0 Å². The van der Waals surface area contributed by atoms with Crippen molar-refractivity contribution in [3.05, 3.63) is 89.0 Å². The van der Waals surface area contributed by atoms with Crippen molar-refractivity contribution in [1.29, 1.82) is 0 Å². The van der Waals surface area contributed by atoms with Gasteiger partial charge < -0.3 is 4.74 Å². The van der Waals surface area contributed by atoms with Crippen LogP contribution in [0, 0.1) is 23.5 Å². The van der Waals surface area contributed by atoms with E-state index in [9.17, 15) is 22.0 Å². The lowest BCUT2D eigenvalue weighted by Gasteiger charge is -2.10. The molecule has 0 atom stereocenters. The van der Waals surface area contributed by atoms with E-state index in [1.165, 1.54) is 43.1 Å². The van der Waals surface area contributed by atoms with E-state index in [1.807, 2.05) is 24.3 Å². The van der Waals surface area contributed by atoms with Gasteiger partial charge in [0, 0.05) is 11.1 Å². The molecule has 0 bridgehead atoms. The van der Waals surface area contributed by atoms with Crippen molar-refractivity contribution in [1.82, 2.24) is 0 Å². The number of hydrogen-bond acceptors (Lipinski definition) is 1. The van der Waals surface area contributed by atoms with Gasteiger partial charge in [0.2, 0.25) is 5.75 Å². The van der Waals surface area contributed by atoms with Gasteiger partial charge in [-0.15, -0.1) is 13.2 Å². The fourth-order valence-corrected chi connectivity index (χ4v) is 4.28. The third kappa shape index (κ3) is 6.34. The number of aryl methyl sites for hydroxylation is 1. The number of fused-ring (bicyclic) bond motifs is 3. The Morgan fingerprint density at radius 2 is 1.31 bits per heavy atom. The summed E-state index contributed by atoms with van der Waals surface area (Å²) >= 11 is 0. The third-order valence-corrected chi connectivity index (χ3v) is 6.04. The molecule has 36 heavy (non-hydrogen) atoms. The lowest BCUT2D eigenvalue weighted by molar-refractivity contribution is -0.276. The fourth-order valence-electron chi connectivity index (χ4n) is 4.28. The first-order chi connectivity index (χ1) is 17.2. The molecule has 0 aliphatic carbocycles. The first-order valence-electron chi connectivity index (χ1n) is 12.0. The van der Waals surface area contributed by atoms with E-state index < -0.39 is 23.7 Å². The highest BCUT2D eigenvalue weighted by Gasteiger charge is 2.34. The summed E-state index contributed by atoms with van der Waals surface area (Å²) in [5.74, 6) is 0.995. The molecule has 0 fully saturated rings. The van der Waals surface area contributed by atoms with Crippen molar-refractivity contribution in [2.45, 2.75) is 51.8 Å². The first-order valence-corrected chi connectivity index (χ1v) is 12.0. The Morgan fingerprint density at radius 1 is 0.694 bits per heavy atom.